The molecule has 2 heterocycles. The number of para-hydroxylation sites is 2. The molecule has 6 nitrogen and oxygen atoms in total. The average Bonchev–Trinajstić information content (AvgIpc) is 2.06. The molecule has 0 aliphatic heterocycles. The molecule has 0 aliphatic rings. The molecule has 0 atom stereocenters. The van der Waals surface area contributed by atoms with Gasteiger partial charge in [0.15, 0.2) is 0 Å². The maximum absolute atomic E-state index is 12.6. The van der Waals surface area contributed by atoms with Crippen molar-refractivity contribution in [3.8, 4) is 67.5 Å². The molecule has 0 bridgehead atoms. The Morgan fingerprint density at radius 1 is 0.364 bits per heavy atom. The van der Waals surface area contributed by atoms with Crippen LogP contribution in [0.2, 0.25) is 0 Å². The van der Waals surface area contributed by atoms with Crippen LogP contribution in [0.4, 0.5) is 0 Å². The average molecular weight is 1330 g/mol. The number of benzene rings is 10. The van der Waals surface area contributed by atoms with Gasteiger partial charge in [-0.2, -0.15) is 0 Å². The fourth-order valence-electron chi connectivity index (χ4n) is 12.2. The van der Waals surface area contributed by atoms with Gasteiger partial charge < -0.3 is 29.7 Å². The van der Waals surface area contributed by atoms with Gasteiger partial charge in [0.1, 0.15) is 11.5 Å². The zero-order valence-corrected chi connectivity index (χ0v) is 56.9. The summed E-state index contributed by atoms with van der Waals surface area (Å²) >= 11 is 0. The van der Waals surface area contributed by atoms with Crippen LogP contribution in [-0.2, 0) is 60.3 Å². The maximum atomic E-state index is 12.6. The van der Waals surface area contributed by atoms with E-state index in [4.69, 9.17) is 9.47 Å². The molecule has 0 aliphatic carbocycles. The van der Waals surface area contributed by atoms with Crippen molar-refractivity contribution in [1.29, 1.82) is 0 Å². The summed E-state index contributed by atoms with van der Waals surface area (Å²) in [5.74, 6) is 1.76. The van der Waals surface area contributed by atoms with E-state index in [0.717, 1.165) is 99.6 Å². The van der Waals surface area contributed by atoms with E-state index in [1.807, 2.05) is 79.7 Å². The van der Waals surface area contributed by atoms with Crippen molar-refractivity contribution >= 4 is 43.6 Å². The number of hydrogen-bond acceptors (Lipinski definition) is 4. The van der Waals surface area contributed by atoms with Crippen LogP contribution in [0.25, 0.3) is 88.1 Å². The summed E-state index contributed by atoms with van der Waals surface area (Å²) in [7, 11) is 0. The second-order valence-electron chi connectivity index (χ2n) is 28.0. The number of nitrogens with one attached hydrogen (secondary N) is 2. The Labute approximate surface area is 538 Å². The molecule has 0 unspecified atom stereocenters. The first kappa shape index (κ1) is 61.5. The molecule has 7 heteroatoms. The van der Waals surface area contributed by atoms with Crippen LogP contribution < -0.4 is 9.47 Å². The zero-order valence-electron chi connectivity index (χ0n) is 53.3. The van der Waals surface area contributed by atoms with Crippen LogP contribution >= 0.6 is 0 Å². The number of H-pyrrole nitrogens is 2. The number of aromatic hydroxyl groups is 2. The fourth-order valence-corrected chi connectivity index (χ4v) is 12.2. The van der Waals surface area contributed by atoms with Gasteiger partial charge in [-0.1, -0.05) is 211 Å². The Balaban J connectivity index is 0.00000800. The molecule has 0 radical (unpaired) electrons. The van der Waals surface area contributed by atoms with Gasteiger partial charge in [-0.25, -0.2) is 0 Å². The Morgan fingerprint density at radius 2 is 0.727 bits per heavy atom. The first-order chi connectivity index (χ1) is 41.4. The molecule has 444 valence electrons. The van der Waals surface area contributed by atoms with E-state index in [0.29, 0.717) is 37.1 Å². The van der Waals surface area contributed by atoms with Gasteiger partial charge in [-0.15, -0.1) is 6.42 Å². The molecule has 0 fully saturated rings. The smallest absolute Gasteiger partial charge is 0.131 e. The van der Waals surface area contributed by atoms with E-state index >= 15 is 0 Å². The van der Waals surface area contributed by atoms with Crippen molar-refractivity contribution in [2.75, 3.05) is 0 Å². The van der Waals surface area contributed by atoms with Crippen LogP contribution in [0.3, 0.4) is 0 Å². The second-order valence-corrected chi connectivity index (χ2v) is 28.0. The number of fused-ring (bicyclic) bond motifs is 6. The molecule has 88 heavy (non-hydrogen) atoms. The number of phenols is 2. The monoisotopic (exact) mass is 1330 g/mol. The number of hydrogen-bond donors (Lipinski definition) is 4. The summed E-state index contributed by atoms with van der Waals surface area (Å²) in [5, 5.41) is 29.9. The van der Waals surface area contributed by atoms with Gasteiger partial charge >= 0.3 is 0 Å². The summed E-state index contributed by atoms with van der Waals surface area (Å²) in [6.07, 6.45) is 2.09. The van der Waals surface area contributed by atoms with E-state index in [9.17, 15) is 10.2 Å². The van der Waals surface area contributed by atoms with Gasteiger partial charge in [0.25, 0.3) is 0 Å². The molecule has 0 saturated carbocycles. The van der Waals surface area contributed by atoms with Crippen molar-refractivity contribution in [1.82, 2.24) is 9.97 Å². The molecular formula is C81H81HfN2O4-. The summed E-state index contributed by atoms with van der Waals surface area (Å²) in [6.45, 7) is 29.1. The van der Waals surface area contributed by atoms with Crippen LogP contribution in [-0.4, -0.2) is 20.2 Å². The summed E-state index contributed by atoms with van der Waals surface area (Å²) in [5.41, 5.74) is 19.6. The minimum absolute atomic E-state index is 0. The van der Waals surface area contributed by atoms with Crippen molar-refractivity contribution in [3.63, 3.8) is 0 Å². The quantitative estimate of drug-likeness (QED) is 0.0684. The number of aromatic amines is 2. The third kappa shape index (κ3) is 12.2. The maximum Gasteiger partial charge on any atom is 0.131 e. The second kappa shape index (κ2) is 23.8. The third-order valence-corrected chi connectivity index (χ3v) is 17.5. The minimum atomic E-state index is -0.143. The van der Waals surface area contributed by atoms with Gasteiger partial charge in [-0.05, 0) is 150 Å². The molecule has 0 spiro atoms. The Morgan fingerprint density at radius 3 is 1.09 bits per heavy atom. The number of rotatable bonds is 13. The fraction of sp³-hybridized carbons (Fsp3) is 0.247. The predicted molar refractivity (Wildman–Crippen MR) is 365 cm³/mol. The van der Waals surface area contributed by atoms with Crippen LogP contribution in [0.15, 0.2) is 194 Å². The Bertz CT molecular complexity index is 4270. The molecular weight excluding hydrogens is 1240 g/mol. The van der Waals surface area contributed by atoms with Crippen molar-refractivity contribution in [3.05, 3.63) is 245 Å². The number of phenolic OH excluding ortho intramolecular Hbond substituents is 2. The van der Waals surface area contributed by atoms with E-state index in [1.165, 1.54) is 33.0 Å². The topological polar surface area (TPSA) is 90.5 Å². The molecule has 2 aromatic heterocycles. The van der Waals surface area contributed by atoms with Crippen molar-refractivity contribution in [2.45, 2.75) is 131 Å². The van der Waals surface area contributed by atoms with Crippen LogP contribution in [0.5, 0.6) is 23.0 Å². The van der Waals surface area contributed by atoms with E-state index in [1.54, 1.807) is 0 Å². The summed E-state index contributed by atoms with van der Waals surface area (Å²) in [6, 6.07) is 68.0. The predicted octanol–water partition coefficient (Wildman–Crippen LogP) is 21.8. The first-order valence-electron chi connectivity index (χ1n) is 30.8. The van der Waals surface area contributed by atoms with E-state index in [-0.39, 0.29) is 59.0 Å². The molecule has 0 amide bonds. The largest absolute Gasteiger partial charge is 0.619 e. The van der Waals surface area contributed by atoms with Gasteiger partial charge in [-0.3, -0.25) is 0 Å². The zero-order chi connectivity index (χ0) is 61.3. The van der Waals surface area contributed by atoms with Gasteiger partial charge in [0, 0.05) is 111 Å². The van der Waals surface area contributed by atoms with E-state index < -0.39 is 0 Å². The van der Waals surface area contributed by atoms with Gasteiger partial charge in [0.05, 0.1) is 22.5 Å². The minimum Gasteiger partial charge on any atom is -0.619 e. The van der Waals surface area contributed by atoms with Crippen LogP contribution in [0.1, 0.15) is 141 Å². The first-order valence-corrected chi connectivity index (χ1v) is 30.8. The summed E-state index contributed by atoms with van der Waals surface area (Å²) in [4.78, 5) is 7.55. The van der Waals surface area contributed by atoms with Crippen LogP contribution in [0, 0.1) is 6.29 Å². The number of ether oxygens (including phenoxy) is 2. The molecule has 12 rings (SSSR count). The van der Waals surface area contributed by atoms with Gasteiger partial charge in [0.2, 0.25) is 0 Å². The normalized spacial score (nSPS) is 12.4. The van der Waals surface area contributed by atoms with E-state index in [2.05, 4.69) is 214 Å². The molecule has 4 N–H and O–H groups in total. The standard InChI is InChI=1S/C81H81N2O4.Hf/c1-14-73(86-71-37-31-51(41-53(71)39-49-23-17-15-18-24-49)59-27-21-29-61(76(59)84)65-45-57(80(8,9)10)47-67-63-43-55(78(2,3)4)33-35-69(63)82-74(65)67)87-72-38-32-52(42-54(72)40-50-25-19-16-20-26-50)60-28-22-30-62(77(60)85)66-46-58(81(11,12)13)48-68-64-44-56(79(5,6)7)34-36-70(64)83-75(66)68;/h15-38,41-48,82-85H,14,39-40H2,1-13H3;/q-1;. The summed E-state index contributed by atoms with van der Waals surface area (Å²) < 4.78 is 13.9. The van der Waals surface area contributed by atoms with Crippen molar-refractivity contribution in [2.24, 2.45) is 0 Å². The van der Waals surface area contributed by atoms with Crippen molar-refractivity contribution < 1.29 is 45.5 Å². The molecule has 12 aromatic rings. The third-order valence-electron chi connectivity index (χ3n) is 17.5. The number of aromatic nitrogens is 2. The molecule has 10 aromatic carbocycles. The Hall–Kier alpha value is -8.13. The Kier molecular flexibility index (Phi) is 16.6. The SMILES string of the molecule is CC[C-](Oc1ccc(-c2cccc(-c3cc(C(C)(C)C)cc4c3[nH]c3ccc(C(C)(C)C)cc34)c2O)cc1Cc1ccccc1)Oc1ccc(-c2cccc(-c3cc(C(C)(C)C)cc4c3[nH]c3ccc(C(C)(C)C)cc34)c2O)cc1Cc1ccccc1.[Hf]. The molecule has 0 saturated heterocycles.